The van der Waals surface area contributed by atoms with E-state index in [1.165, 1.54) is 11.1 Å². The van der Waals surface area contributed by atoms with Crippen molar-refractivity contribution in [3.05, 3.63) is 28.8 Å². The van der Waals surface area contributed by atoms with Gasteiger partial charge in [0.2, 0.25) is 0 Å². The van der Waals surface area contributed by atoms with E-state index in [2.05, 4.69) is 26.0 Å². The third-order valence-corrected chi connectivity index (χ3v) is 2.25. The fraction of sp³-hybridized carbons (Fsp3) is 0.400. The first-order valence-corrected chi connectivity index (χ1v) is 4.18. The molecule has 0 bridgehead atoms. The van der Waals surface area contributed by atoms with Crippen LogP contribution in [0, 0.1) is 13.8 Å². The lowest BCUT2D eigenvalue weighted by Crippen LogP contribution is -2.10. The Balaban J connectivity index is 2.60. The maximum absolute atomic E-state index is 5.86. The Kier molecular flexibility index (Phi) is 1.58. The van der Waals surface area contributed by atoms with Crippen molar-refractivity contribution in [1.82, 2.24) is 0 Å². The summed E-state index contributed by atoms with van der Waals surface area (Å²) in [4.78, 5) is 0. The van der Waals surface area contributed by atoms with E-state index in [9.17, 15) is 0 Å². The van der Waals surface area contributed by atoms with Gasteiger partial charge in [-0.05, 0) is 19.4 Å². The van der Waals surface area contributed by atoms with Crippen molar-refractivity contribution < 1.29 is 4.74 Å². The van der Waals surface area contributed by atoms with E-state index in [1.54, 1.807) is 0 Å². The van der Waals surface area contributed by atoms with Gasteiger partial charge < -0.3 is 10.5 Å². The molecule has 0 fully saturated rings. The van der Waals surface area contributed by atoms with Crippen molar-refractivity contribution in [3.63, 3.8) is 0 Å². The van der Waals surface area contributed by atoms with Gasteiger partial charge in [0.05, 0.1) is 6.04 Å². The molecule has 2 heteroatoms. The molecule has 2 rings (SSSR count). The minimum atomic E-state index is 0.0681. The largest absolute Gasteiger partial charge is 0.491 e. The Bertz CT molecular complexity index is 320. The Hall–Kier alpha value is -1.02. The normalized spacial score (nSPS) is 20.4. The van der Waals surface area contributed by atoms with Gasteiger partial charge in [-0.25, -0.2) is 0 Å². The summed E-state index contributed by atoms with van der Waals surface area (Å²) in [6.07, 6.45) is 0. The summed E-state index contributed by atoms with van der Waals surface area (Å²) in [6.45, 7) is 4.77. The van der Waals surface area contributed by atoms with Crippen LogP contribution >= 0.6 is 0 Å². The number of rotatable bonds is 0. The fourth-order valence-electron chi connectivity index (χ4n) is 1.72. The minimum absolute atomic E-state index is 0.0681. The summed E-state index contributed by atoms with van der Waals surface area (Å²) in [5, 5.41) is 0. The van der Waals surface area contributed by atoms with E-state index in [-0.39, 0.29) is 6.04 Å². The number of hydrogen-bond acceptors (Lipinski definition) is 2. The minimum Gasteiger partial charge on any atom is -0.491 e. The highest BCUT2D eigenvalue weighted by Gasteiger charge is 2.22. The lowest BCUT2D eigenvalue weighted by Gasteiger charge is -2.05. The van der Waals surface area contributed by atoms with Crippen LogP contribution in [0.1, 0.15) is 22.7 Å². The first-order chi connectivity index (χ1) is 5.68. The summed E-state index contributed by atoms with van der Waals surface area (Å²) >= 11 is 0. The van der Waals surface area contributed by atoms with Crippen LogP contribution in [0.4, 0.5) is 0 Å². The number of hydrogen-bond donors (Lipinski definition) is 1. The first kappa shape index (κ1) is 7.62. The van der Waals surface area contributed by atoms with Gasteiger partial charge in [-0.15, -0.1) is 0 Å². The van der Waals surface area contributed by atoms with Crippen LogP contribution in [0.25, 0.3) is 0 Å². The van der Waals surface area contributed by atoms with Gasteiger partial charge in [-0.1, -0.05) is 17.7 Å². The Labute approximate surface area is 72.3 Å². The quantitative estimate of drug-likeness (QED) is 0.631. The molecule has 12 heavy (non-hydrogen) atoms. The van der Waals surface area contributed by atoms with E-state index >= 15 is 0 Å². The molecule has 1 aliphatic rings. The third-order valence-electron chi connectivity index (χ3n) is 2.25. The highest BCUT2D eigenvalue weighted by molar-refractivity contribution is 5.47. The predicted octanol–water partition coefficient (Wildman–Crippen LogP) is 1.70. The monoisotopic (exact) mass is 163 g/mol. The Morgan fingerprint density at radius 2 is 2.17 bits per heavy atom. The van der Waals surface area contributed by atoms with Crippen molar-refractivity contribution in [3.8, 4) is 5.75 Å². The number of benzene rings is 1. The number of aryl methyl sites for hydroxylation is 2. The molecule has 1 aromatic carbocycles. The zero-order valence-corrected chi connectivity index (χ0v) is 7.42. The van der Waals surface area contributed by atoms with E-state index in [4.69, 9.17) is 10.5 Å². The topological polar surface area (TPSA) is 35.2 Å². The molecule has 0 spiro atoms. The summed E-state index contributed by atoms with van der Waals surface area (Å²) in [6, 6.07) is 4.30. The molecule has 2 N–H and O–H groups in total. The van der Waals surface area contributed by atoms with Crippen molar-refractivity contribution in [2.75, 3.05) is 6.61 Å². The molecule has 0 aromatic heterocycles. The van der Waals surface area contributed by atoms with Gasteiger partial charge in [-0.3, -0.25) is 0 Å². The van der Waals surface area contributed by atoms with Crippen LogP contribution in [-0.4, -0.2) is 6.61 Å². The van der Waals surface area contributed by atoms with E-state index in [0.29, 0.717) is 6.61 Å². The van der Waals surface area contributed by atoms with Gasteiger partial charge in [-0.2, -0.15) is 0 Å². The molecule has 0 aliphatic carbocycles. The molecule has 0 radical (unpaired) electrons. The molecular formula is C10H13NO. The summed E-state index contributed by atoms with van der Waals surface area (Å²) in [5.41, 5.74) is 9.47. The summed E-state index contributed by atoms with van der Waals surface area (Å²) < 4.78 is 5.47. The number of ether oxygens (including phenoxy) is 1. The van der Waals surface area contributed by atoms with E-state index in [1.807, 2.05) is 0 Å². The van der Waals surface area contributed by atoms with E-state index in [0.717, 1.165) is 11.3 Å². The molecule has 0 amide bonds. The smallest absolute Gasteiger partial charge is 0.127 e. The van der Waals surface area contributed by atoms with Gasteiger partial charge in [0.1, 0.15) is 12.4 Å². The standard InChI is InChI=1S/C10H13NO/c1-6-3-7(2)10-8(4-6)9(11)5-12-10/h3-4,9H,5,11H2,1-2H3/t9-/m1/s1. The first-order valence-electron chi connectivity index (χ1n) is 4.18. The lowest BCUT2D eigenvalue weighted by atomic mass is 10.0. The highest BCUT2D eigenvalue weighted by Crippen LogP contribution is 2.34. The average Bonchev–Trinajstić information content (AvgIpc) is 2.33. The molecule has 1 aromatic rings. The molecule has 0 unspecified atom stereocenters. The molecule has 2 nitrogen and oxygen atoms in total. The van der Waals surface area contributed by atoms with Crippen LogP contribution in [0.15, 0.2) is 12.1 Å². The maximum Gasteiger partial charge on any atom is 0.127 e. The van der Waals surface area contributed by atoms with Crippen LogP contribution in [0.3, 0.4) is 0 Å². The van der Waals surface area contributed by atoms with Crippen molar-refractivity contribution in [2.45, 2.75) is 19.9 Å². The van der Waals surface area contributed by atoms with Crippen LogP contribution < -0.4 is 10.5 Å². The predicted molar refractivity (Wildman–Crippen MR) is 48.3 cm³/mol. The molecule has 1 atom stereocenters. The molecular weight excluding hydrogens is 150 g/mol. The second-order valence-electron chi connectivity index (χ2n) is 3.42. The molecule has 0 saturated carbocycles. The van der Waals surface area contributed by atoms with Crippen molar-refractivity contribution in [1.29, 1.82) is 0 Å². The number of nitrogens with two attached hydrogens (primary N) is 1. The lowest BCUT2D eigenvalue weighted by molar-refractivity contribution is 0.331. The zero-order chi connectivity index (χ0) is 8.72. The van der Waals surface area contributed by atoms with Crippen LogP contribution in [-0.2, 0) is 0 Å². The molecule has 1 heterocycles. The van der Waals surface area contributed by atoms with Crippen molar-refractivity contribution >= 4 is 0 Å². The van der Waals surface area contributed by atoms with Gasteiger partial charge in [0.15, 0.2) is 0 Å². The third kappa shape index (κ3) is 0.994. The summed E-state index contributed by atoms with van der Waals surface area (Å²) in [7, 11) is 0. The Morgan fingerprint density at radius 3 is 2.92 bits per heavy atom. The molecule has 0 saturated heterocycles. The van der Waals surface area contributed by atoms with Gasteiger partial charge in [0, 0.05) is 5.56 Å². The Morgan fingerprint density at radius 1 is 1.42 bits per heavy atom. The second kappa shape index (κ2) is 2.49. The zero-order valence-electron chi connectivity index (χ0n) is 7.42. The molecule has 1 aliphatic heterocycles. The maximum atomic E-state index is 5.86. The second-order valence-corrected chi connectivity index (χ2v) is 3.42. The summed E-state index contributed by atoms with van der Waals surface area (Å²) in [5.74, 6) is 0.994. The average molecular weight is 163 g/mol. The van der Waals surface area contributed by atoms with Gasteiger partial charge in [0.25, 0.3) is 0 Å². The van der Waals surface area contributed by atoms with Crippen LogP contribution in [0.2, 0.25) is 0 Å². The van der Waals surface area contributed by atoms with Crippen LogP contribution in [0.5, 0.6) is 5.75 Å². The number of fused-ring (bicyclic) bond motifs is 1. The van der Waals surface area contributed by atoms with E-state index < -0.39 is 0 Å². The van der Waals surface area contributed by atoms with Gasteiger partial charge >= 0.3 is 0 Å². The fourth-order valence-corrected chi connectivity index (χ4v) is 1.72. The van der Waals surface area contributed by atoms with Crippen molar-refractivity contribution in [2.24, 2.45) is 5.73 Å². The SMILES string of the molecule is Cc1cc(C)c2c(c1)[C@H](N)CO2. The molecule has 64 valence electrons. The highest BCUT2D eigenvalue weighted by atomic mass is 16.5.